The van der Waals surface area contributed by atoms with Crippen molar-refractivity contribution in [2.45, 2.75) is 25.3 Å². The van der Waals surface area contributed by atoms with Crippen molar-refractivity contribution in [3.63, 3.8) is 0 Å². The lowest BCUT2D eigenvalue weighted by Crippen LogP contribution is -2.16. The Morgan fingerprint density at radius 1 is 1.33 bits per heavy atom. The van der Waals surface area contributed by atoms with Crippen LogP contribution in [0.4, 0.5) is 0 Å². The molecule has 2 aromatic rings. The van der Waals surface area contributed by atoms with Crippen LogP contribution in [-0.4, -0.2) is 13.0 Å². The average Bonchev–Trinajstić information content (AvgIpc) is 2.29. The summed E-state index contributed by atoms with van der Waals surface area (Å²) in [5.41, 5.74) is 1.12. The molecule has 0 aliphatic carbocycles. The Hall–Kier alpha value is -1.33. The van der Waals surface area contributed by atoms with Crippen LogP contribution in [0.3, 0.4) is 0 Å². The van der Waals surface area contributed by atoms with Crippen molar-refractivity contribution in [3.05, 3.63) is 40.2 Å². The summed E-state index contributed by atoms with van der Waals surface area (Å²) in [6.45, 7) is 4.31. The molecule has 1 aromatic heterocycles. The molecule has 0 bridgehead atoms. The van der Waals surface area contributed by atoms with Gasteiger partial charge in [-0.1, -0.05) is 12.1 Å². The van der Waals surface area contributed by atoms with E-state index < -0.39 is 14.5 Å². The van der Waals surface area contributed by atoms with Crippen molar-refractivity contribution in [1.82, 2.24) is 4.57 Å². The zero-order chi connectivity index (χ0) is 13.5. The molecule has 0 saturated heterocycles. The van der Waals surface area contributed by atoms with E-state index in [1.54, 1.807) is 16.7 Å². The third kappa shape index (κ3) is 2.04. The van der Waals surface area contributed by atoms with Crippen LogP contribution < -0.4 is 5.43 Å². The highest BCUT2D eigenvalue weighted by atomic mass is 35.7. The van der Waals surface area contributed by atoms with Crippen LogP contribution in [0.5, 0.6) is 0 Å². The van der Waals surface area contributed by atoms with Crippen LogP contribution in [0.1, 0.15) is 12.5 Å². The maximum atomic E-state index is 12.1. The van der Waals surface area contributed by atoms with Crippen LogP contribution >= 0.6 is 10.7 Å². The van der Waals surface area contributed by atoms with Gasteiger partial charge in [-0.05, 0) is 25.5 Å². The van der Waals surface area contributed by atoms with Gasteiger partial charge in [0.05, 0.1) is 5.52 Å². The standard InChI is InChI=1S/C12H12ClNO3S/c1-3-14-7-10(18(13,16)17)12(15)9-6-4-5-8(2)11(9)14/h4-7H,3H2,1-2H3. The van der Waals surface area contributed by atoms with E-state index in [-0.39, 0.29) is 4.90 Å². The molecule has 18 heavy (non-hydrogen) atoms. The summed E-state index contributed by atoms with van der Waals surface area (Å²) in [7, 11) is 1.26. The van der Waals surface area contributed by atoms with Gasteiger partial charge in [0, 0.05) is 28.8 Å². The predicted octanol–water partition coefficient (Wildman–Crippen LogP) is 2.26. The molecule has 0 atom stereocenters. The lowest BCUT2D eigenvalue weighted by Gasteiger charge is -2.12. The maximum absolute atomic E-state index is 12.1. The molecule has 0 radical (unpaired) electrons. The van der Waals surface area contributed by atoms with Crippen LogP contribution in [0.2, 0.25) is 0 Å². The van der Waals surface area contributed by atoms with Gasteiger partial charge in [-0.2, -0.15) is 0 Å². The quantitative estimate of drug-likeness (QED) is 0.795. The van der Waals surface area contributed by atoms with Gasteiger partial charge in [-0.25, -0.2) is 8.42 Å². The van der Waals surface area contributed by atoms with E-state index in [9.17, 15) is 13.2 Å². The fourth-order valence-electron chi connectivity index (χ4n) is 2.04. The van der Waals surface area contributed by atoms with Crippen molar-refractivity contribution >= 4 is 30.6 Å². The van der Waals surface area contributed by atoms with Crippen molar-refractivity contribution in [1.29, 1.82) is 0 Å². The molecular weight excluding hydrogens is 274 g/mol. The molecule has 0 saturated carbocycles. The van der Waals surface area contributed by atoms with Crippen molar-refractivity contribution < 1.29 is 8.42 Å². The second-order valence-electron chi connectivity index (χ2n) is 4.02. The molecule has 1 heterocycles. The van der Waals surface area contributed by atoms with Crippen LogP contribution in [0.25, 0.3) is 10.9 Å². The first-order valence-corrected chi connectivity index (χ1v) is 7.74. The van der Waals surface area contributed by atoms with E-state index >= 15 is 0 Å². The first kappa shape index (κ1) is 13.1. The molecule has 96 valence electrons. The number of benzene rings is 1. The number of aromatic nitrogens is 1. The van der Waals surface area contributed by atoms with Gasteiger partial charge < -0.3 is 4.57 Å². The third-order valence-electron chi connectivity index (χ3n) is 2.87. The van der Waals surface area contributed by atoms with Gasteiger partial charge in [0.2, 0.25) is 5.43 Å². The molecule has 0 aliphatic rings. The Balaban J connectivity index is 3.07. The average molecular weight is 286 g/mol. The number of pyridine rings is 1. The highest BCUT2D eigenvalue weighted by molar-refractivity contribution is 8.13. The van der Waals surface area contributed by atoms with Gasteiger partial charge in [-0.15, -0.1) is 0 Å². The topological polar surface area (TPSA) is 56.1 Å². The Morgan fingerprint density at radius 2 is 2.00 bits per heavy atom. The highest BCUT2D eigenvalue weighted by Gasteiger charge is 2.19. The number of aryl methyl sites for hydroxylation is 2. The molecule has 0 unspecified atom stereocenters. The fourth-order valence-corrected chi connectivity index (χ4v) is 2.96. The first-order valence-electron chi connectivity index (χ1n) is 5.43. The van der Waals surface area contributed by atoms with Crippen molar-refractivity contribution in [2.24, 2.45) is 0 Å². The Bertz CT molecular complexity index is 778. The number of hydrogen-bond acceptors (Lipinski definition) is 3. The third-order valence-corrected chi connectivity index (χ3v) is 4.18. The molecular formula is C12H12ClNO3S. The van der Waals surface area contributed by atoms with E-state index in [0.29, 0.717) is 11.9 Å². The molecule has 0 spiro atoms. The SMILES string of the molecule is CCn1cc(S(=O)(=O)Cl)c(=O)c2cccc(C)c21. The fraction of sp³-hybridized carbons (Fsp3) is 0.250. The van der Waals surface area contributed by atoms with Gasteiger partial charge in [0.25, 0.3) is 9.05 Å². The Morgan fingerprint density at radius 3 is 2.56 bits per heavy atom. The Kier molecular flexibility index (Phi) is 3.21. The van der Waals surface area contributed by atoms with Crippen LogP contribution in [0, 0.1) is 6.92 Å². The summed E-state index contributed by atoms with van der Waals surface area (Å²) in [5.74, 6) is 0. The summed E-state index contributed by atoms with van der Waals surface area (Å²) in [5, 5.41) is 0.374. The summed E-state index contributed by atoms with van der Waals surface area (Å²) in [6, 6.07) is 5.22. The predicted molar refractivity (Wildman–Crippen MR) is 71.7 cm³/mol. The number of hydrogen-bond donors (Lipinski definition) is 0. The van der Waals surface area contributed by atoms with Gasteiger partial charge in [-0.3, -0.25) is 4.79 Å². The number of halogens is 1. The van der Waals surface area contributed by atoms with E-state index in [0.717, 1.165) is 11.1 Å². The molecule has 6 heteroatoms. The summed E-state index contributed by atoms with van der Waals surface area (Å²) in [4.78, 5) is 11.7. The zero-order valence-corrected chi connectivity index (χ0v) is 11.5. The highest BCUT2D eigenvalue weighted by Crippen LogP contribution is 2.19. The largest absolute Gasteiger partial charge is 0.346 e. The monoisotopic (exact) mass is 285 g/mol. The molecule has 0 N–H and O–H groups in total. The van der Waals surface area contributed by atoms with Crippen molar-refractivity contribution in [3.8, 4) is 0 Å². The minimum absolute atomic E-state index is 0.371. The lowest BCUT2D eigenvalue weighted by molar-refractivity contribution is 0.607. The molecule has 2 rings (SSSR count). The number of para-hydroxylation sites is 1. The molecule has 0 amide bonds. The minimum atomic E-state index is -4.03. The van der Waals surface area contributed by atoms with Gasteiger partial charge in [0.1, 0.15) is 4.90 Å². The summed E-state index contributed by atoms with van der Waals surface area (Å²) >= 11 is 0. The normalized spacial score (nSPS) is 11.9. The molecule has 1 aromatic carbocycles. The van der Waals surface area contributed by atoms with E-state index in [1.165, 1.54) is 6.20 Å². The van der Waals surface area contributed by atoms with Crippen LogP contribution in [0.15, 0.2) is 34.1 Å². The summed E-state index contributed by atoms with van der Waals surface area (Å²) < 4.78 is 24.5. The molecule has 4 nitrogen and oxygen atoms in total. The van der Waals surface area contributed by atoms with E-state index in [4.69, 9.17) is 10.7 Å². The van der Waals surface area contributed by atoms with E-state index in [2.05, 4.69) is 0 Å². The van der Waals surface area contributed by atoms with E-state index in [1.807, 2.05) is 19.9 Å². The second kappa shape index (κ2) is 4.40. The summed E-state index contributed by atoms with van der Waals surface area (Å²) in [6.07, 6.45) is 1.31. The first-order chi connectivity index (χ1) is 8.36. The molecule has 0 aliphatic heterocycles. The minimum Gasteiger partial charge on any atom is -0.346 e. The zero-order valence-electron chi connectivity index (χ0n) is 9.97. The van der Waals surface area contributed by atoms with Gasteiger partial charge in [0.15, 0.2) is 0 Å². The van der Waals surface area contributed by atoms with Crippen molar-refractivity contribution in [2.75, 3.05) is 0 Å². The molecule has 0 fully saturated rings. The van der Waals surface area contributed by atoms with Crippen LogP contribution in [-0.2, 0) is 15.6 Å². The number of fused-ring (bicyclic) bond motifs is 1. The second-order valence-corrected chi connectivity index (χ2v) is 6.55. The number of rotatable bonds is 2. The smallest absolute Gasteiger partial charge is 0.266 e. The maximum Gasteiger partial charge on any atom is 0.266 e. The Labute approximate surface area is 109 Å². The number of nitrogens with zero attached hydrogens (tertiary/aromatic N) is 1. The van der Waals surface area contributed by atoms with Gasteiger partial charge >= 0.3 is 0 Å². The lowest BCUT2D eigenvalue weighted by atomic mass is 10.1.